The number of ether oxygens (including phenoxy) is 2. The van der Waals surface area contributed by atoms with Gasteiger partial charge in [-0.2, -0.15) is 0 Å². The second kappa shape index (κ2) is 9.12. The SMILES string of the molecule is CC(C)C(=O)CCOCCOCCN. The third kappa shape index (κ3) is 8.16. The molecule has 0 aromatic heterocycles. The Labute approximate surface area is 85.8 Å². The molecule has 2 N–H and O–H groups in total. The Bertz CT molecular complexity index is 148. The first-order valence-corrected chi connectivity index (χ1v) is 5.06. The van der Waals surface area contributed by atoms with Gasteiger partial charge in [0, 0.05) is 18.9 Å². The van der Waals surface area contributed by atoms with E-state index >= 15 is 0 Å². The van der Waals surface area contributed by atoms with Gasteiger partial charge in [-0.25, -0.2) is 0 Å². The molecule has 14 heavy (non-hydrogen) atoms. The maximum Gasteiger partial charge on any atom is 0.137 e. The second-order valence-electron chi connectivity index (χ2n) is 3.38. The largest absolute Gasteiger partial charge is 0.379 e. The van der Waals surface area contributed by atoms with Crippen LogP contribution >= 0.6 is 0 Å². The summed E-state index contributed by atoms with van der Waals surface area (Å²) in [5.74, 6) is 0.347. The highest BCUT2D eigenvalue weighted by Crippen LogP contribution is 1.98. The Kier molecular flexibility index (Phi) is 8.83. The van der Waals surface area contributed by atoms with Crippen LogP contribution in [0.1, 0.15) is 20.3 Å². The average Bonchev–Trinajstić information content (AvgIpc) is 2.16. The van der Waals surface area contributed by atoms with Crippen molar-refractivity contribution >= 4 is 5.78 Å². The summed E-state index contributed by atoms with van der Waals surface area (Å²) in [5, 5.41) is 0. The van der Waals surface area contributed by atoms with Crippen molar-refractivity contribution < 1.29 is 14.3 Å². The number of carbonyl (C=O) groups excluding carboxylic acids is 1. The summed E-state index contributed by atoms with van der Waals surface area (Å²) in [4.78, 5) is 11.2. The van der Waals surface area contributed by atoms with Crippen molar-refractivity contribution in [2.24, 2.45) is 11.7 Å². The molecule has 0 spiro atoms. The predicted molar refractivity (Wildman–Crippen MR) is 55.2 cm³/mol. The summed E-state index contributed by atoms with van der Waals surface area (Å²) in [6.07, 6.45) is 0.495. The van der Waals surface area contributed by atoms with E-state index in [2.05, 4.69) is 0 Å². The van der Waals surface area contributed by atoms with E-state index < -0.39 is 0 Å². The minimum atomic E-state index is 0.104. The van der Waals surface area contributed by atoms with Crippen LogP contribution in [0.15, 0.2) is 0 Å². The molecule has 0 bridgehead atoms. The van der Waals surface area contributed by atoms with Crippen molar-refractivity contribution in [3.8, 4) is 0 Å². The Morgan fingerprint density at radius 1 is 1.14 bits per heavy atom. The highest BCUT2D eigenvalue weighted by Gasteiger charge is 2.05. The van der Waals surface area contributed by atoms with E-state index in [1.807, 2.05) is 13.8 Å². The fourth-order valence-electron chi connectivity index (χ4n) is 0.867. The standard InChI is InChI=1S/C10H21NO3/c1-9(2)10(12)3-5-13-7-8-14-6-4-11/h9H,3-8,11H2,1-2H3. The van der Waals surface area contributed by atoms with Gasteiger partial charge in [-0.15, -0.1) is 0 Å². The number of hydrogen-bond donors (Lipinski definition) is 1. The minimum absolute atomic E-state index is 0.104. The van der Waals surface area contributed by atoms with E-state index in [0.29, 0.717) is 39.4 Å². The van der Waals surface area contributed by atoms with Gasteiger partial charge in [-0.3, -0.25) is 4.79 Å². The summed E-state index contributed by atoms with van der Waals surface area (Å²) in [5.41, 5.74) is 5.23. The molecule has 0 aliphatic heterocycles. The molecule has 0 amide bonds. The highest BCUT2D eigenvalue weighted by atomic mass is 16.5. The molecule has 0 aromatic rings. The molecule has 0 atom stereocenters. The predicted octanol–water partition coefficient (Wildman–Crippen LogP) is 0.594. The molecule has 0 aliphatic carbocycles. The van der Waals surface area contributed by atoms with Crippen LogP contribution in [-0.4, -0.2) is 38.8 Å². The first kappa shape index (κ1) is 13.5. The van der Waals surface area contributed by atoms with Gasteiger partial charge in [0.15, 0.2) is 0 Å². The summed E-state index contributed by atoms with van der Waals surface area (Å²) in [7, 11) is 0. The van der Waals surface area contributed by atoms with Crippen LogP contribution in [0, 0.1) is 5.92 Å². The highest BCUT2D eigenvalue weighted by molar-refractivity contribution is 5.80. The van der Waals surface area contributed by atoms with Crippen LogP contribution in [0.5, 0.6) is 0 Å². The number of carbonyl (C=O) groups is 1. The molecular weight excluding hydrogens is 182 g/mol. The first-order chi connectivity index (χ1) is 6.68. The van der Waals surface area contributed by atoms with Crippen LogP contribution in [0.2, 0.25) is 0 Å². The lowest BCUT2D eigenvalue weighted by Gasteiger charge is -2.05. The van der Waals surface area contributed by atoms with Crippen LogP contribution in [-0.2, 0) is 14.3 Å². The summed E-state index contributed by atoms with van der Waals surface area (Å²) < 4.78 is 10.3. The van der Waals surface area contributed by atoms with E-state index in [4.69, 9.17) is 15.2 Å². The van der Waals surface area contributed by atoms with Gasteiger partial charge in [-0.1, -0.05) is 13.8 Å². The van der Waals surface area contributed by atoms with E-state index in [0.717, 1.165) is 0 Å². The normalized spacial score (nSPS) is 10.9. The Hall–Kier alpha value is -0.450. The molecule has 0 aliphatic rings. The molecule has 0 saturated carbocycles. The lowest BCUT2D eigenvalue weighted by atomic mass is 10.1. The minimum Gasteiger partial charge on any atom is -0.379 e. The molecule has 0 rings (SSSR count). The van der Waals surface area contributed by atoms with Gasteiger partial charge >= 0.3 is 0 Å². The fraction of sp³-hybridized carbons (Fsp3) is 0.900. The average molecular weight is 203 g/mol. The molecule has 0 saturated heterocycles. The van der Waals surface area contributed by atoms with Gasteiger partial charge in [-0.05, 0) is 0 Å². The number of hydrogen-bond acceptors (Lipinski definition) is 4. The number of ketones is 1. The third-order valence-electron chi connectivity index (χ3n) is 1.77. The lowest BCUT2D eigenvalue weighted by molar-refractivity contribution is -0.123. The number of Topliss-reactive ketones (excluding diaryl/α,β-unsaturated/α-hetero) is 1. The van der Waals surface area contributed by atoms with Crippen molar-refractivity contribution in [3.05, 3.63) is 0 Å². The summed E-state index contributed by atoms with van der Waals surface area (Å²) >= 11 is 0. The molecule has 4 nitrogen and oxygen atoms in total. The molecule has 84 valence electrons. The van der Waals surface area contributed by atoms with Gasteiger partial charge in [0.05, 0.1) is 26.4 Å². The molecule has 0 unspecified atom stereocenters. The quantitative estimate of drug-likeness (QED) is 0.557. The Balaban J connectivity index is 3.10. The van der Waals surface area contributed by atoms with Crippen molar-refractivity contribution in [1.82, 2.24) is 0 Å². The molecule has 0 radical (unpaired) electrons. The Morgan fingerprint density at radius 2 is 1.71 bits per heavy atom. The van der Waals surface area contributed by atoms with Crippen LogP contribution in [0.3, 0.4) is 0 Å². The van der Waals surface area contributed by atoms with Crippen molar-refractivity contribution in [3.63, 3.8) is 0 Å². The van der Waals surface area contributed by atoms with E-state index in [-0.39, 0.29) is 11.7 Å². The van der Waals surface area contributed by atoms with Crippen molar-refractivity contribution in [1.29, 1.82) is 0 Å². The number of nitrogens with two attached hydrogens (primary N) is 1. The van der Waals surface area contributed by atoms with Gasteiger partial charge < -0.3 is 15.2 Å². The third-order valence-corrected chi connectivity index (χ3v) is 1.77. The summed E-state index contributed by atoms with van der Waals surface area (Å²) in [6.45, 7) is 6.46. The first-order valence-electron chi connectivity index (χ1n) is 5.06. The van der Waals surface area contributed by atoms with Gasteiger partial charge in [0.25, 0.3) is 0 Å². The summed E-state index contributed by atoms with van der Waals surface area (Å²) in [6, 6.07) is 0. The van der Waals surface area contributed by atoms with E-state index in [1.54, 1.807) is 0 Å². The van der Waals surface area contributed by atoms with E-state index in [9.17, 15) is 4.79 Å². The topological polar surface area (TPSA) is 61.5 Å². The molecule has 0 heterocycles. The lowest BCUT2D eigenvalue weighted by Crippen LogP contribution is -2.14. The monoisotopic (exact) mass is 203 g/mol. The fourth-order valence-corrected chi connectivity index (χ4v) is 0.867. The molecular formula is C10H21NO3. The van der Waals surface area contributed by atoms with Crippen LogP contribution in [0.25, 0.3) is 0 Å². The zero-order valence-electron chi connectivity index (χ0n) is 9.12. The van der Waals surface area contributed by atoms with Crippen molar-refractivity contribution in [2.45, 2.75) is 20.3 Å². The smallest absolute Gasteiger partial charge is 0.137 e. The second-order valence-corrected chi connectivity index (χ2v) is 3.38. The maximum absolute atomic E-state index is 11.2. The van der Waals surface area contributed by atoms with Crippen LogP contribution in [0.4, 0.5) is 0 Å². The molecule has 4 heteroatoms. The van der Waals surface area contributed by atoms with Gasteiger partial charge in [0.1, 0.15) is 5.78 Å². The van der Waals surface area contributed by atoms with E-state index in [1.165, 1.54) is 0 Å². The molecule has 0 fully saturated rings. The zero-order valence-corrected chi connectivity index (χ0v) is 9.12. The van der Waals surface area contributed by atoms with Gasteiger partial charge in [0.2, 0.25) is 0 Å². The van der Waals surface area contributed by atoms with Crippen molar-refractivity contribution in [2.75, 3.05) is 33.0 Å². The van der Waals surface area contributed by atoms with Crippen LogP contribution < -0.4 is 5.73 Å². The maximum atomic E-state index is 11.2. The Morgan fingerprint density at radius 3 is 2.21 bits per heavy atom. The number of rotatable bonds is 9. The molecule has 0 aromatic carbocycles. The zero-order chi connectivity index (χ0) is 10.8.